The second-order valence-electron chi connectivity index (χ2n) is 5.60. The van der Waals surface area contributed by atoms with Crippen LogP contribution in [0.25, 0.3) is 17.1 Å². The van der Waals surface area contributed by atoms with Crippen molar-refractivity contribution in [2.45, 2.75) is 17.3 Å². The zero-order chi connectivity index (χ0) is 20.3. The van der Waals surface area contributed by atoms with E-state index in [4.69, 9.17) is 28.9 Å². The van der Waals surface area contributed by atoms with E-state index in [1.165, 1.54) is 0 Å². The first-order valence-corrected chi connectivity index (χ1v) is 9.58. The number of carbonyl (C=O) groups excluding carboxylic acids is 2. The number of rotatable bonds is 5. The molecular weight excluding hydrogens is 423 g/mol. The monoisotopic (exact) mass is 436 g/mol. The van der Waals surface area contributed by atoms with Crippen molar-refractivity contribution in [2.75, 3.05) is 0 Å². The summed E-state index contributed by atoms with van der Waals surface area (Å²) >= 11 is 13.3. The van der Waals surface area contributed by atoms with Crippen molar-refractivity contribution in [1.29, 1.82) is 0 Å². The predicted octanol–water partition coefficient (Wildman–Crippen LogP) is 3.31. The number of thioether (sulfide) groups is 1. The Kier molecular flexibility index (Phi) is 6.18. The standard InChI is InChI=1S/C17H14Cl2N6O2S/c1-9(15(26)22-16(20)27)28-17-24-23-14(10-3-2-6-21-8-10)25(17)11-4-5-12(18)13(19)7-11/h2-9H,1H3,(H3,20,22,26,27). The number of aromatic nitrogens is 4. The maximum atomic E-state index is 12.0. The lowest BCUT2D eigenvalue weighted by Gasteiger charge is -2.13. The molecular formula is C17H14Cl2N6O2S. The summed E-state index contributed by atoms with van der Waals surface area (Å²) in [5, 5.41) is 11.0. The number of carbonyl (C=O) groups is 2. The van der Waals surface area contributed by atoms with Crippen LogP contribution in [0, 0.1) is 0 Å². The summed E-state index contributed by atoms with van der Waals surface area (Å²) in [6, 6.07) is 7.78. The second kappa shape index (κ2) is 8.59. The van der Waals surface area contributed by atoms with Crippen molar-refractivity contribution in [3.63, 3.8) is 0 Å². The SMILES string of the molecule is CC(Sc1nnc(-c2cccnc2)n1-c1ccc(Cl)c(Cl)c1)C(=O)NC(N)=O. The molecule has 1 unspecified atom stereocenters. The molecule has 0 fully saturated rings. The van der Waals surface area contributed by atoms with Gasteiger partial charge in [-0.05, 0) is 37.3 Å². The minimum absolute atomic E-state index is 0.362. The fraction of sp³-hybridized carbons (Fsp3) is 0.118. The van der Waals surface area contributed by atoms with Crippen molar-refractivity contribution in [2.24, 2.45) is 5.73 Å². The van der Waals surface area contributed by atoms with E-state index in [1.54, 1.807) is 48.1 Å². The third-order valence-electron chi connectivity index (χ3n) is 3.61. The summed E-state index contributed by atoms with van der Waals surface area (Å²) in [4.78, 5) is 27.1. The largest absolute Gasteiger partial charge is 0.351 e. The molecule has 3 rings (SSSR count). The van der Waals surface area contributed by atoms with Crippen LogP contribution in [0.5, 0.6) is 0 Å². The van der Waals surface area contributed by atoms with Gasteiger partial charge in [-0.25, -0.2) is 4.79 Å². The number of urea groups is 1. The molecule has 1 atom stereocenters. The maximum Gasteiger partial charge on any atom is 0.318 e. The van der Waals surface area contributed by atoms with Crippen molar-refractivity contribution >= 4 is 46.9 Å². The number of nitrogens with two attached hydrogens (primary N) is 1. The average molecular weight is 437 g/mol. The lowest BCUT2D eigenvalue weighted by molar-refractivity contribution is -0.119. The van der Waals surface area contributed by atoms with Crippen LogP contribution in [0.3, 0.4) is 0 Å². The number of nitrogens with zero attached hydrogens (tertiary/aromatic N) is 4. The Labute approximate surface area is 174 Å². The number of imide groups is 1. The Morgan fingerprint density at radius 2 is 2.00 bits per heavy atom. The van der Waals surface area contributed by atoms with Gasteiger partial charge in [0.2, 0.25) is 5.91 Å². The van der Waals surface area contributed by atoms with E-state index in [0.717, 1.165) is 17.3 Å². The van der Waals surface area contributed by atoms with E-state index >= 15 is 0 Å². The molecule has 1 aromatic carbocycles. The van der Waals surface area contributed by atoms with Gasteiger partial charge in [-0.1, -0.05) is 35.0 Å². The fourth-order valence-electron chi connectivity index (χ4n) is 2.32. The number of nitrogens with one attached hydrogen (secondary N) is 1. The smallest absolute Gasteiger partial charge is 0.318 e. The third-order valence-corrected chi connectivity index (χ3v) is 5.39. The molecule has 0 saturated carbocycles. The van der Waals surface area contributed by atoms with Crippen LogP contribution in [-0.2, 0) is 4.79 Å². The lowest BCUT2D eigenvalue weighted by Crippen LogP contribution is -2.39. The van der Waals surface area contributed by atoms with Gasteiger partial charge in [-0.3, -0.25) is 19.7 Å². The molecule has 2 heterocycles. The van der Waals surface area contributed by atoms with Crippen LogP contribution in [0.15, 0.2) is 47.9 Å². The summed E-state index contributed by atoms with van der Waals surface area (Å²) < 4.78 is 1.73. The average Bonchev–Trinajstić information content (AvgIpc) is 3.07. The summed E-state index contributed by atoms with van der Waals surface area (Å²) in [6.07, 6.45) is 3.30. The summed E-state index contributed by atoms with van der Waals surface area (Å²) in [7, 11) is 0. The molecule has 0 bridgehead atoms. The molecule has 0 spiro atoms. The molecule has 144 valence electrons. The Hall–Kier alpha value is -2.62. The second-order valence-corrected chi connectivity index (χ2v) is 7.72. The van der Waals surface area contributed by atoms with Gasteiger partial charge in [0.05, 0.1) is 21.0 Å². The number of primary amides is 1. The van der Waals surface area contributed by atoms with E-state index in [2.05, 4.69) is 20.5 Å². The lowest BCUT2D eigenvalue weighted by atomic mass is 10.2. The molecule has 3 aromatic rings. The minimum Gasteiger partial charge on any atom is -0.351 e. The highest BCUT2D eigenvalue weighted by Gasteiger charge is 2.23. The van der Waals surface area contributed by atoms with Gasteiger partial charge >= 0.3 is 6.03 Å². The molecule has 0 radical (unpaired) electrons. The normalized spacial score (nSPS) is 11.8. The Morgan fingerprint density at radius 3 is 2.64 bits per heavy atom. The highest BCUT2D eigenvalue weighted by molar-refractivity contribution is 8.00. The van der Waals surface area contributed by atoms with Gasteiger partial charge in [0.15, 0.2) is 11.0 Å². The van der Waals surface area contributed by atoms with E-state index < -0.39 is 17.2 Å². The zero-order valence-corrected chi connectivity index (χ0v) is 16.8. The van der Waals surface area contributed by atoms with E-state index in [9.17, 15) is 9.59 Å². The van der Waals surface area contributed by atoms with Crippen LogP contribution < -0.4 is 11.1 Å². The number of amides is 3. The van der Waals surface area contributed by atoms with Crippen LogP contribution in [-0.4, -0.2) is 36.9 Å². The molecule has 0 aliphatic carbocycles. The molecule has 28 heavy (non-hydrogen) atoms. The third kappa shape index (κ3) is 4.44. The van der Waals surface area contributed by atoms with Gasteiger partial charge in [0.1, 0.15) is 0 Å². The van der Waals surface area contributed by atoms with Crippen LogP contribution in [0.1, 0.15) is 6.92 Å². The van der Waals surface area contributed by atoms with E-state index in [1.807, 2.05) is 6.07 Å². The topological polar surface area (TPSA) is 116 Å². The Morgan fingerprint density at radius 1 is 1.21 bits per heavy atom. The van der Waals surface area contributed by atoms with Crippen LogP contribution in [0.4, 0.5) is 4.79 Å². The first-order chi connectivity index (χ1) is 13.4. The summed E-state index contributed by atoms with van der Waals surface area (Å²) in [5.41, 5.74) is 6.39. The van der Waals surface area contributed by atoms with Gasteiger partial charge < -0.3 is 5.73 Å². The van der Waals surface area contributed by atoms with Crippen LogP contribution in [0.2, 0.25) is 10.0 Å². The highest BCUT2D eigenvalue weighted by atomic mass is 35.5. The summed E-state index contributed by atoms with van der Waals surface area (Å²) in [6.45, 7) is 1.63. The first-order valence-electron chi connectivity index (χ1n) is 7.95. The molecule has 0 aliphatic rings. The first kappa shape index (κ1) is 20.1. The fourth-order valence-corrected chi connectivity index (χ4v) is 3.48. The van der Waals surface area contributed by atoms with Gasteiger partial charge in [0.25, 0.3) is 0 Å². The minimum atomic E-state index is -0.917. The molecule has 2 aromatic heterocycles. The molecule has 3 amide bonds. The molecule has 0 aliphatic heterocycles. The van der Waals surface area contributed by atoms with Crippen molar-refractivity contribution < 1.29 is 9.59 Å². The van der Waals surface area contributed by atoms with Crippen LogP contribution >= 0.6 is 35.0 Å². The predicted molar refractivity (Wildman–Crippen MR) is 108 cm³/mol. The van der Waals surface area contributed by atoms with Gasteiger partial charge in [-0.2, -0.15) is 0 Å². The number of hydrogen-bond acceptors (Lipinski definition) is 6. The number of hydrogen-bond donors (Lipinski definition) is 2. The Balaban J connectivity index is 2.05. The zero-order valence-electron chi connectivity index (χ0n) is 14.5. The Bertz CT molecular complexity index is 1030. The van der Waals surface area contributed by atoms with E-state index in [-0.39, 0.29) is 0 Å². The number of pyridine rings is 1. The number of benzene rings is 1. The quantitative estimate of drug-likeness (QED) is 0.592. The van der Waals surface area contributed by atoms with Crippen molar-refractivity contribution in [1.82, 2.24) is 25.1 Å². The number of halogens is 2. The van der Waals surface area contributed by atoms with Crippen molar-refractivity contribution in [3.05, 3.63) is 52.8 Å². The van der Waals surface area contributed by atoms with Gasteiger partial charge in [-0.15, -0.1) is 10.2 Å². The molecule has 11 heteroatoms. The maximum absolute atomic E-state index is 12.0. The van der Waals surface area contributed by atoms with E-state index in [0.29, 0.717) is 26.7 Å². The summed E-state index contributed by atoms with van der Waals surface area (Å²) in [5.74, 6) is -0.0272. The van der Waals surface area contributed by atoms with Gasteiger partial charge in [0, 0.05) is 18.0 Å². The molecule has 8 nitrogen and oxygen atoms in total. The molecule has 0 saturated heterocycles. The highest BCUT2D eigenvalue weighted by Crippen LogP contribution is 2.32. The van der Waals surface area contributed by atoms with Crippen molar-refractivity contribution in [3.8, 4) is 17.1 Å². The molecule has 3 N–H and O–H groups in total.